The lowest BCUT2D eigenvalue weighted by molar-refractivity contribution is 0.397. The molecule has 58 valence electrons. The van der Waals surface area contributed by atoms with Gasteiger partial charge < -0.3 is 5.11 Å². The molecule has 1 rings (SSSR count). The quantitative estimate of drug-likeness (QED) is 0.374. The Morgan fingerprint density at radius 1 is 1.82 bits per heavy atom. The summed E-state index contributed by atoms with van der Waals surface area (Å²) in [7, 11) is 0. The molecule has 0 atom stereocenters. The van der Waals surface area contributed by atoms with Gasteiger partial charge in [0.05, 0.1) is 0 Å². The Balaban J connectivity index is 2.43. The Bertz CT molecular complexity index is 235. The third-order valence-corrected chi connectivity index (χ3v) is 1.75. The monoisotopic (exact) mass is 151 g/mol. The molecule has 0 heterocycles. The van der Waals surface area contributed by atoms with Crippen LogP contribution in [0.15, 0.2) is 23.6 Å². The van der Waals surface area contributed by atoms with Crippen LogP contribution in [-0.4, -0.2) is 5.11 Å². The number of aliphatic hydroxyl groups excluding tert-OH is 1. The van der Waals surface area contributed by atoms with Crippen LogP contribution in [0.3, 0.4) is 0 Å². The number of nitrogens with zero attached hydrogens (tertiary/aromatic N) is 2. The van der Waals surface area contributed by atoms with E-state index in [9.17, 15) is 0 Å². The van der Waals surface area contributed by atoms with E-state index in [1.807, 2.05) is 0 Å². The highest BCUT2D eigenvalue weighted by Crippen LogP contribution is 2.22. The number of diazo groups is 1. The maximum Gasteiger partial charge on any atom is 0.387 e. The van der Waals surface area contributed by atoms with Gasteiger partial charge in [0.2, 0.25) is 5.39 Å². The molecular formula is C8H11N2O+. The number of hydrogen-bond acceptors (Lipinski definition) is 2. The molecule has 11 heavy (non-hydrogen) atoms. The van der Waals surface area contributed by atoms with Crippen LogP contribution < -0.4 is 0 Å². The van der Waals surface area contributed by atoms with Gasteiger partial charge >= 0.3 is 6.20 Å². The first-order valence-corrected chi connectivity index (χ1v) is 3.73. The highest BCUT2D eigenvalue weighted by molar-refractivity contribution is 5.15. The molecule has 0 saturated carbocycles. The normalized spacial score (nSPS) is 17.7. The molecular weight excluding hydrogens is 140 g/mol. The average molecular weight is 151 g/mol. The average Bonchev–Trinajstić information content (AvgIpc) is 2.40. The molecule has 3 heteroatoms. The molecule has 0 aliphatic heterocycles. The first-order valence-electron chi connectivity index (χ1n) is 3.73. The van der Waals surface area contributed by atoms with Crippen molar-refractivity contribution in [1.29, 1.82) is 5.39 Å². The highest BCUT2D eigenvalue weighted by atomic mass is 16.3. The van der Waals surface area contributed by atoms with Crippen molar-refractivity contribution in [2.45, 2.75) is 25.7 Å². The Kier molecular flexibility index (Phi) is 2.67. The molecule has 0 bridgehead atoms. The molecule has 0 unspecified atom stereocenters. The topological polar surface area (TPSA) is 48.4 Å². The zero-order valence-corrected chi connectivity index (χ0v) is 6.32. The molecule has 0 fully saturated rings. The van der Waals surface area contributed by atoms with E-state index in [-0.39, 0.29) is 5.76 Å². The van der Waals surface area contributed by atoms with Crippen molar-refractivity contribution < 1.29 is 5.11 Å². The van der Waals surface area contributed by atoms with Gasteiger partial charge in [-0.1, -0.05) is 11.6 Å². The first-order chi connectivity index (χ1) is 5.33. The van der Waals surface area contributed by atoms with Crippen LogP contribution in [0.1, 0.15) is 25.7 Å². The maximum atomic E-state index is 9.08. The van der Waals surface area contributed by atoms with Gasteiger partial charge in [0.15, 0.2) is 10.7 Å². The Morgan fingerprint density at radius 3 is 3.18 bits per heavy atom. The van der Waals surface area contributed by atoms with Gasteiger partial charge in [-0.3, -0.25) is 0 Å². The van der Waals surface area contributed by atoms with Gasteiger partial charge in [-0.2, -0.15) is 0 Å². The van der Waals surface area contributed by atoms with Gasteiger partial charge in [0.25, 0.3) is 0 Å². The van der Waals surface area contributed by atoms with Gasteiger partial charge in [-0.05, 0) is 19.3 Å². The summed E-state index contributed by atoms with van der Waals surface area (Å²) in [5.74, 6) is 0.126. The molecule has 0 radical (unpaired) electrons. The second-order valence-electron chi connectivity index (χ2n) is 2.67. The van der Waals surface area contributed by atoms with E-state index in [0.717, 1.165) is 19.0 Å². The fraction of sp³-hybridized carbons (Fsp3) is 0.500. The summed E-state index contributed by atoms with van der Waals surface area (Å²) in [6.45, 7) is 0. The molecule has 1 N–H and O–H groups in total. The molecule has 1 aliphatic carbocycles. The van der Waals surface area contributed by atoms with Crippen LogP contribution in [0.25, 0.3) is 4.98 Å². The van der Waals surface area contributed by atoms with Gasteiger partial charge in [-0.15, -0.1) is 0 Å². The molecule has 0 aromatic carbocycles. The molecule has 0 spiro atoms. The van der Waals surface area contributed by atoms with Crippen molar-refractivity contribution in [3.63, 3.8) is 0 Å². The van der Waals surface area contributed by atoms with E-state index in [0.29, 0.717) is 6.42 Å². The van der Waals surface area contributed by atoms with Crippen molar-refractivity contribution in [2.24, 2.45) is 0 Å². The molecule has 0 aromatic heterocycles. The van der Waals surface area contributed by atoms with Crippen molar-refractivity contribution in [1.82, 2.24) is 0 Å². The third kappa shape index (κ3) is 2.42. The Hall–Kier alpha value is -1.30. The number of aliphatic hydroxyl groups is 1. The number of hydrogen-bond donors (Lipinski definition) is 1. The number of allylic oxidation sites excluding steroid dienone is 2. The van der Waals surface area contributed by atoms with Crippen molar-refractivity contribution in [3.8, 4) is 0 Å². The Morgan fingerprint density at radius 2 is 2.64 bits per heavy atom. The minimum absolute atomic E-state index is 0.126. The summed E-state index contributed by atoms with van der Waals surface area (Å²) in [4.78, 5) is 2.74. The van der Waals surface area contributed by atoms with E-state index in [1.165, 1.54) is 12.0 Å². The molecule has 1 aliphatic rings. The van der Waals surface area contributed by atoms with Crippen LogP contribution >= 0.6 is 0 Å². The second-order valence-corrected chi connectivity index (χ2v) is 2.67. The van der Waals surface area contributed by atoms with Gasteiger partial charge in [0.1, 0.15) is 0 Å². The summed E-state index contributed by atoms with van der Waals surface area (Å²) in [6.07, 6.45) is 7.08. The van der Waals surface area contributed by atoms with Gasteiger partial charge in [-0.25, -0.2) is 0 Å². The summed E-state index contributed by atoms with van der Waals surface area (Å²) in [6, 6.07) is 0. The standard InChI is InChI=1S/C8H10N2O/c9-10-6-8(11)5-7-3-1-2-4-7/h3,6H,1-2,4-5H2/p+1/b8-6-. The van der Waals surface area contributed by atoms with Crippen molar-refractivity contribution in [2.75, 3.05) is 0 Å². The summed E-state index contributed by atoms with van der Waals surface area (Å²) < 4.78 is 0. The van der Waals surface area contributed by atoms with E-state index in [1.54, 1.807) is 0 Å². The van der Waals surface area contributed by atoms with Crippen LogP contribution in [0.4, 0.5) is 0 Å². The molecule has 3 nitrogen and oxygen atoms in total. The SMILES string of the molecule is N#[N+]/C=C(\O)CC1=CCCC1. The predicted molar refractivity (Wildman–Crippen MR) is 42.3 cm³/mol. The molecule has 0 amide bonds. The lowest BCUT2D eigenvalue weighted by atomic mass is 10.1. The van der Waals surface area contributed by atoms with Crippen LogP contribution in [-0.2, 0) is 0 Å². The lowest BCUT2D eigenvalue weighted by Crippen LogP contribution is -1.82. The Labute approximate surface area is 65.7 Å². The maximum absolute atomic E-state index is 9.08. The highest BCUT2D eigenvalue weighted by Gasteiger charge is 2.08. The van der Waals surface area contributed by atoms with Crippen LogP contribution in [0.5, 0.6) is 0 Å². The summed E-state index contributed by atoms with van der Waals surface area (Å²) in [5, 5.41) is 17.2. The second kappa shape index (κ2) is 3.77. The largest absolute Gasteiger partial charge is 0.505 e. The van der Waals surface area contributed by atoms with E-state index in [4.69, 9.17) is 10.5 Å². The van der Waals surface area contributed by atoms with Crippen LogP contribution in [0.2, 0.25) is 0 Å². The summed E-state index contributed by atoms with van der Waals surface area (Å²) >= 11 is 0. The predicted octanol–water partition coefficient (Wildman–Crippen LogP) is 2.74. The minimum atomic E-state index is 0.126. The first kappa shape index (κ1) is 7.80. The summed E-state index contributed by atoms with van der Waals surface area (Å²) in [5.41, 5.74) is 1.24. The molecule has 0 saturated heterocycles. The van der Waals surface area contributed by atoms with Crippen molar-refractivity contribution >= 4 is 0 Å². The fourth-order valence-electron chi connectivity index (χ4n) is 1.24. The zero-order valence-electron chi connectivity index (χ0n) is 6.32. The lowest BCUT2D eigenvalue weighted by Gasteiger charge is -1.95. The van der Waals surface area contributed by atoms with Gasteiger partial charge in [0, 0.05) is 6.42 Å². The smallest absolute Gasteiger partial charge is 0.387 e. The van der Waals surface area contributed by atoms with Crippen LogP contribution in [0, 0.1) is 5.39 Å². The number of rotatable bonds is 2. The van der Waals surface area contributed by atoms with Crippen molar-refractivity contribution in [3.05, 3.63) is 28.6 Å². The fourth-order valence-corrected chi connectivity index (χ4v) is 1.24. The van der Waals surface area contributed by atoms with E-state index >= 15 is 0 Å². The minimum Gasteiger partial charge on any atom is -0.505 e. The zero-order chi connectivity index (χ0) is 8.10. The molecule has 0 aromatic rings. The van der Waals surface area contributed by atoms with E-state index in [2.05, 4.69) is 11.1 Å². The third-order valence-electron chi connectivity index (χ3n) is 1.75. The van der Waals surface area contributed by atoms with E-state index < -0.39 is 0 Å².